The number of ether oxygens (including phenoxy) is 1. The first-order chi connectivity index (χ1) is 25.9. The fourth-order valence-electron chi connectivity index (χ4n) is 5.85. The summed E-state index contributed by atoms with van der Waals surface area (Å²) in [6.07, 6.45) is 37.0. The summed E-state index contributed by atoms with van der Waals surface area (Å²) in [5, 5.41) is 10.9. The first-order valence-corrected chi connectivity index (χ1v) is 23.1. The summed E-state index contributed by atoms with van der Waals surface area (Å²) in [6, 6.07) is 0. The summed E-state index contributed by atoms with van der Waals surface area (Å²) in [7, 11) is 0.973. The van der Waals surface area contributed by atoms with E-state index in [4.69, 9.17) is 13.8 Å². The molecule has 0 heterocycles. The number of carbonyl (C=O) groups excluding carboxylic acids is 2. The molecule has 316 valence electrons. The molecular formula is C44H82NO8P. The van der Waals surface area contributed by atoms with Crippen molar-refractivity contribution in [2.45, 2.75) is 193 Å². The zero-order valence-electron chi connectivity index (χ0n) is 35.3. The summed E-state index contributed by atoms with van der Waals surface area (Å²) in [5.41, 5.74) is 0. The van der Waals surface area contributed by atoms with Crippen LogP contribution in [0.25, 0.3) is 0 Å². The average Bonchev–Trinajstić information content (AvgIpc) is 3.12. The molecule has 0 amide bonds. The molecular weight excluding hydrogens is 701 g/mol. The Morgan fingerprint density at radius 2 is 1.06 bits per heavy atom. The number of phosphoric ester groups is 1. The molecule has 0 aliphatic carbocycles. The highest BCUT2D eigenvalue weighted by molar-refractivity contribution is 7.45. The van der Waals surface area contributed by atoms with Gasteiger partial charge in [-0.1, -0.05) is 134 Å². The second-order valence-corrected chi connectivity index (χ2v) is 17.3. The molecule has 0 fully saturated rings. The van der Waals surface area contributed by atoms with E-state index in [2.05, 4.69) is 50.3 Å². The van der Waals surface area contributed by atoms with Gasteiger partial charge in [-0.2, -0.15) is 0 Å². The first kappa shape index (κ1) is 52.4. The quantitative estimate of drug-likeness (QED) is 0.0215. The highest BCUT2D eigenvalue weighted by Crippen LogP contribution is 2.38. The van der Waals surface area contributed by atoms with Crippen molar-refractivity contribution in [3.63, 3.8) is 0 Å². The summed E-state index contributed by atoms with van der Waals surface area (Å²) in [4.78, 5) is 38.1. The molecule has 0 spiro atoms. The summed E-state index contributed by atoms with van der Waals surface area (Å²) >= 11 is 0. The van der Waals surface area contributed by atoms with Gasteiger partial charge in [0.05, 0.1) is 27.7 Å². The molecule has 0 bridgehead atoms. The van der Waals surface area contributed by atoms with Crippen LogP contribution in [0, 0.1) is 0 Å². The largest absolute Gasteiger partial charge is 0.756 e. The van der Waals surface area contributed by atoms with Crippen molar-refractivity contribution >= 4 is 19.6 Å². The van der Waals surface area contributed by atoms with Crippen LogP contribution in [0.15, 0.2) is 36.5 Å². The number of unbranched alkanes of at least 4 members (excludes halogenated alkanes) is 19. The number of nitrogens with zero attached hydrogens (tertiary/aromatic N) is 1. The van der Waals surface area contributed by atoms with Gasteiger partial charge in [0.25, 0.3) is 7.82 Å². The summed E-state index contributed by atoms with van der Waals surface area (Å²) in [5.74, 6) is -1.08. The van der Waals surface area contributed by atoms with Gasteiger partial charge in [-0.15, -0.1) is 0 Å². The number of quaternary nitrogens is 1. The Labute approximate surface area is 331 Å². The Morgan fingerprint density at radius 3 is 1.57 bits per heavy atom. The van der Waals surface area contributed by atoms with E-state index < -0.39 is 38.4 Å². The van der Waals surface area contributed by atoms with E-state index in [-0.39, 0.29) is 19.4 Å². The Hall–Kier alpha value is -1.61. The summed E-state index contributed by atoms with van der Waals surface area (Å²) in [6.45, 7) is 4.12. The Bertz CT molecular complexity index is 1040. The lowest BCUT2D eigenvalue weighted by Gasteiger charge is -2.29. The number of hydrogen-bond donors (Lipinski definition) is 1. The molecule has 54 heavy (non-hydrogen) atoms. The lowest BCUT2D eigenvalue weighted by molar-refractivity contribution is -0.870. The molecule has 0 radical (unpaired) electrons. The fourth-order valence-corrected chi connectivity index (χ4v) is 6.56. The lowest BCUT2D eigenvalue weighted by Crippen LogP contribution is -2.41. The lowest BCUT2D eigenvalue weighted by atomic mass is 10.0. The molecule has 9 nitrogen and oxygen atoms in total. The van der Waals surface area contributed by atoms with Crippen molar-refractivity contribution in [3.05, 3.63) is 36.5 Å². The zero-order chi connectivity index (χ0) is 40.2. The second-order valence-electron chi connectivity index (χ2n) is 15.8. The van der Waals surface area contributed by atoms with E-state index in [0.717, 1.165) is 83.5 Å². The van der Waals surface area contributed by atoms with Crippen LogP contribution in [0.1, 0.15) is 181 Å². The molecule has 0 saturated carbocycles. The molecule has 10 heteroatoms. The van der Waals surface area contributed by atoms with Crippen molar-refractivity contribution in [1.82, 2.24) is 0 Å². The van der Waals surface area contributed by atoms with Crippen LogP contribution < -0.4 is 4.89 Å². The Balaban J connectivity index is 4.58. The zero-order valence-corrected chi connectivity index (χ0v) is 36.2. The van der Waals surface area contributed by atoms with Crippen molar-refractivity contribution in [2.75, 3.05) is 40.9 Å². The summed E-state index contributed by atoms with van der Waals surface area (Å²) < 4.78 is 28.3. The number of likely N-dealkylation sites (N-methyl/N-ethyl adjacent to an activating group) is 1. The molecule has 0 aliphatic rings. The molecule has 0 aromatic rings. The van der Waals surface area contributed by atoms with E-state index in [1.54, 1.807) is 0 Å². The van der Waals surface area contributed by atoms with Gasteiger partial charge in [-0.3, -0.25) is 14.2 Å². The van der Waals surface area contributed by atoms with Gasteiger partial charge >= 0.3 is 5.97 Å². The van der Waals surface area contributed by atoms with E-state index >= 15 is 0 Å². The maximum absolute atomic E-state index is 12.9. The van der Waals surface area contributed by atoms with Crippen molar-refractivity contribution in [2.24, 2.45) is 0 Å². The monoisotopic (exact) mass is 784 g/mol. The normalized spacial score (nSPS) is 14.6. The number of aliphatic hydroxyl groups excluding tert-OH is 1. The molecule has 1 N–H and O–H groups in total. The highest BCUT2D eigenvalue weighted by atomic mass is 31.2. The SMILES string of the molecule is CCCCC/C=C\C/C=C\CCCCCCCC(=O)O[C@@H](COP(=O)([O-])OCC[N+](C)(C)C)C(O)C(=O)CCCCCCC/C=C\CCCCCCCC. The van der Waals surface area contributed by atoms with Crippen LogP contribution in [0.2, 0.25) is 0 Å². The van der Waals surface area contributed by atoms with Crippen molar-refractivity contribution in [1.29, 1.82) is 0 Å². The highest BCUT2D eigenvalue weighted by Gasteiger charge is 2.31. The van der Waals surface area contributed by atoms with E-state index in [9.17, 15) is 24.2 Å². The molecule has 2 unspecified atom stereocenters. The van der Waals surface area contributed by atoms with Gasteiger partial charge in [0, 0.05) is 12.8 Å². The smallest absolute Gasteiger partial charge is 0.306 e. The third-order valence-corrected chi connectivity index (χ3v) is 10.4. The van der Waals surface area contributed by atoms with E-state index in [1.807, 2.05) is 21.1 Å². The molecule has 0 aromatic carbocycles. The number of carbonyl (C=O) groups is 2. The number of phosphoric acid groups is 1. The van der Waals surface area contributed by atoms with Crippen LogP contribution in [0.5, 0.6) is 0 Å². The van der Waals surface area contributed by atoms with Gasteiger partial charge in [-0.05, 0) is 70.6 Å². The standard InChI is InChI=1S/C44H82NO8P/c1-6-8-10-12-14-16-18-20-22-24-26-28-30-32-34-36-41(46)44(48)42(40-52-54(49,50)51-39-38-45(3,4)5)53-43(47)37-35-33-31-29-27-25-23-21-19-17-15-13-11-9-7-2/h15,17,20-23,42,44,48H,6-14,16,18-19,24-40H2,1-5H3/b17-15-,22-20-,23-21-/t42-,44?/m0/s1. The minimum absolute atomic E-state index is 0.0848. The average molecular weight is 784 g/mol. The van der Waals surface area contributed by atoms with Gasteiger partial charge in [-0.25, -0.2) is 0 Å². The first-order valence-electron chi connectivity index (χ1n) is 21.7. The number of esters is 1. The minimum Gasteiger partial charge on any atom is -0.756 e. The van der Waals surface area contributed by atoms with E-state index in [0.29, 0.717) is 23.9 Å². The maximum atomic E-state index is 12.9. The molecule has 0 aromatic heterocycles. The number of rotatable bonds is 39. The third kappa shape index (κ3) is 36.1. The van der Waals surface area contributed by atoms with Crippen LogP contribution >= 0.6 is 7.82 Å². The van der Waals surface area contributed by atoms with Gasteiger partial charge in [0.2, 0.25) is 0 Å². The number of hydrogen-bond acceptors (Lipinski definition) is 8. The molecule has 0 saturated heterocycles. The maximum Gasteiger partial charge on any atom is 0.306 e. The number of Topliss-reactive ketones (excluding diaryl/α,β-unsaturated/α-hetero) is 1. The molecule has 0 rings (SSSR count). The van der Waals surface area contributed by atoms with Crippen LogP contribution in [0.4, 0.5) is 0 Å². The predicted octanol–water partition coefficient (Wildman–Crippen LogP) is 10.9. The topological polar surface area (TPSA) is 122 Å². The van der Waals surface area contributed by atoms with Crippen LogP contribution in [0.3, 0.4) is 0 Å². The number of allylic oxidation sites excluding steroid dienone is 6. The second kappa shape index (κ2) is 35.8. The van der Waals surface area contributed by atoms with Gasteiger partial charge in [0.1, 0.15) is 13.2 Å². The Morgan fingerprint density at radius 1 is 0.630 bits per heavy atom. The molecule has 3 atom stereocenters. The third-order valence-electron chi connectivity index (χ3n) is 9.39. The van der Waals surface area contributed by atoms with Gasteiger partial charge in [0.15, 0.2) is 18.0 Å². The predicted molar refractivity (Wildman–Crippen MR) is 222 cm³/mol. The molecule has 0 aliphatic heterocycles. The number of ketones is 1. The van der Waals surface area contributed by atoms with Crippen LogP contribution in [-0.2, 0) is 27.9 Å². The van der Waals surface area contributed by atoms with Gasteiger partial charge < -0.3 is 28.3 Å². The Kier molecular flexibility index (Phi) is 34.7. The minimum atomic E-state index is -4.74. The van der Waals surface area contributed by atoms with Crippen molar-refractivity contribution < 1.29 is 42.4 Å². The number of aliphatic hydroxyl groups is 1. The van der Waals surface area contributed by atoms with E-state index in [1.165, 1.54) is 57.8 Å². The fraction of sp³-hybridized carbons (Fsp3) is 0.818. The van der Waals surface area contributed by atoms with Crippen LogP contribution in [-0.4, -0.2) is 74.5 Å². The van der Waals surface area contributed by atoms with Crippen molar-refractivity contribution in [3.8, 4) is 0 Å².